The molecule has 4 rings (SSSR count). The average molecular weight is 521 g/mol. The van der Waals surface area contributed by atoms with Crippen LogP contribution in [0.1, 0.15) is 5.82 Å². The van der Waals surface area contributed by atoms with E-state index in [1.165, 1.54) is 11.8 Å². The van der Waals surface area contributed by atoms with Gasteiger partial charge in [-0.15, -0.1) is 16.8 Å². The number of nitrogens with one attached hydrogen (secondary N) is 1. The predicted octanol–water partition coefficient (Wildman–Crippen LogP) is 4.96. The molecule has 0 aliphatic heterocycles. The van der Waals surface area contributed by atoms with Gasteiger partial charge in [-0.05, 0) is 48.5 Å². The van der Waals surface area contributed by atoms with E-state index < -0.39 is 9.84 Å². The average Bonchev–Trinajstić information content (AvgIpc) is 3.26. The minimum Gasteiger partial charge on any atom is -0.457 e. The number of ether oxygens (including phenoxy) is 1. The van der Waals surface area contributed by atoms with E-state index in [1.807, 2.05) is 30.3 Å². The van der Waals surface area contributed by atoms with E-state index in [0.717, 1.165) is 5.75 Å². The standard InChI is InChI=1S/C26H24N4O4S2/c1-2-17-30-24(19-36(32,33)23-11-7-4-8-12-23)28-29-26(30)35-18-25(31)27-20-13-15-22(16-14-20)34-21-9-5-3-6-10-21/h2-16H,1,17-19H2,(H,27,31). The van der Waals surface area contributed by atoms with E-state index in [-0.39, 0.29) is 28.1 Å². The molecule has 0 saturated heterocycles. The minimum absolute atomic E-state index is 0.0724. The first-order valence-electron chi connectivity index (χ1n) is 11.0. The molecule has 10 heteroatoms. The number of aromatic nitrogens is 3. The van der Waals surface area contributed by atoms with Crippen molar-refractivity contribution in [2.45, 2.75) is 22.3 Å². The highest BCUT2D eigenvalue weighted by molar-refractivity contribution is 7.99. The number of rotatable bonds is 11. The molecule has 0 saturated carbocycles. The molecule has 0 unspecified atom stereocenters. The van der Waals surface area contributed by atoms with Crippen molar-refractivity contribution in [1.82, 2.24) is 14.8 Å². The van der Waals surface area contributed by atoms with Gasteiger partial charge < -0.3 is 14.6 Å². The van der Waals surface area contributed by atoms with Gasteiger partial charge in [-0.2, -0.15) is 0 Å². The highest BCUT2D eigenvalue weighted by atomic mass is 32.2. The number of para-hydroxylation sites is 1. The van der Waals surface area contributed by atoms with Crippen molar-refractivity contribution in [2.75, 3.05) is 11.1 Å². The van der Waals surface area contributed by atoms with Crippen molar-refractivity contribution in [3.05, 3.63) is 103 Å². The monoisotopic (exact) mass is 520 g/mol. The van der Waals surface area contributed by atoms with Crippen molar-refractivity contribution in [3.8, 4) is 11.5 Å². The fraction of sp³-hybridized carbons (Fsp3) is 0.115. The van der Waals surface area contributed by atoms with E-state index in [0.29, 0.717) is 23.1 Å². The van der Waals surface area contributed by atoms with Crippen LogP contribution >= 0.6 is 11.8 Å². The lowest BCUT2D eigenvalue weighted by Crippen LogP contribution is -2.15. The van der Waals surface area contributed by atoms with Crippen LogP contribution in [0.25, 0.3) is 0 Å². The molecule has 36 heavy (non-hydrogen) atoms. The molecule has 1 aromatic heterocycles. The summed E-state index contributed by atoms with van der Waals surface area (Å²) in [5, 5.41) is 11.5. The predicted molar refractivity (Wildman–Crippen MR) is 140 cm³/mol. The highest BCUT2D eigenvalue weighted by Gasteiger charge is 2.21. The summed E-state index contributed by atoms with van der Waals surface area (Å²) >= 11 is 1.17. The van der Waals surface area contributed by atoms with Crippen LogP contribution in [-0.4, -0.2) is 34.8 Å². The first-order valence-corrected chi connectivity index (χ1v) is 13.6. The van der Waals surface area contributed by atoms with Crippen LogP contribution in [-0.2, 0) is 26.9 Å². The number of amides is 1. The Morgan fingerprint density at radius 3 is 2.25 bits per heavy atom. The SMILES string of the molecule is C=CCn1c(CS(=O)(=O)c2ccccc2)nnc1SCC(=O)Nc1ccc(Oc2ccccc2)cc1. The minimum atomic E-state index is -3.59. The molecule has 0 radical (unpaired) electrons. The van der Waals surface area contributed by atoms with Crippen molar-refractivity contribution in [2.24, 2.45) is 0 Å². The molecule has 0 atom stereocenters. The Kier molecular flexibility index (Phi) is 8.19. The third-order valence-corrected chi connectivity index (χ3v) is 7.57. The molecule has 4 aromatic rings. The second kappa shape index (κ2) is 11.7. The van der Waals surface area contributed by atoms with Gasteiger partial charge in [0.1, 0.15) is 23.1 Å². The van der Waals surface area contributed by atoms with Crippen LogP contribution in [0.4, 0.5) is 5.69 Å². The lowest BCUT2D eigenvalue weighted by Gasteiger charge is -2.09. The summed E-state index contributed by atoms with van der Waals surface area (Å²) < 4.78 is 33.0. The van der Waals surface area contributed by atoms with E-state index >= 15 is 0 Å². The van der Waals surface area contributed by atoms with Crippen molar-refractivity contribution in [3.63, 3.8) is 0 Å². The molecule has 0 bridgehead atoms. The first kappa shape index (κ1) is 25.2. The number of allylic oxidation sites excluding steroid dienone is 1. The van der Waals surface area contributed by atoms with Gasteiger partial charge in [0.25, 0.3) is 0 Å². The fourth-order valence-electron chi connectivity index (χ4n) is 3.28. The van der Waals surface area contributed by atoms with E-state index in [4.69, 9.17) is 4.74 Å². The maximum absolute atomic E-state index is 12.8. The van der Waals surface area contributed by atoms with Gasteiger partial charge in [0.2, 0.25) is 5.91 Å². The number of nitrogens with zero attached hydrogens (tertiary/aromatic N) is 3. The third kappa shape index (κ3) is 6.61. The zero-order valence-corrected chi connectivity index (χ0v) is 20.9. The maximum Gasteiger partial charge on any atom is 0.234 e. The van der Waals surface area contributed by atoms with Crippen molar-refractivity contribution >= 4 is 33.2 Å². The molecule has 1 N–H and O–H groups in total. The molecule has 1 heterocycles. The summed E-state index contributed by atoms with van der Waals surface area (Å²) in [4.78, 5) is 12.7. The Balaban J connectivity index is 1.36. The summed E-state index contributed by atoms with van der Waals surface area (Å²) in [7, 11) is -3.59. The Bertz CT molecular complexity index is 1420. The Labute approximate surface area is 214 Å². The zero-order chi connectivity index (χ0) is 25.4. The molecule has 3 aromatic carbocycles. The smallest absolute Gasteiger partial charge is 0.234 e. The largest absolute Gasteiger partial charge is 0.457 e. The number of benzene rings is 3. The zero-order valence-electron chi connectivity index (χ0n) is 19.3. The van der Waals surface area contributed by atoms with Gasteiger partial charge in [0.15, 0.2) is 15.0 Å². The van der Waals surface area contributed by atoms with Gasteiger partial charge in [-0.25, -0.2) is 8.42 Å². The second-order valence-electron chi connectivity index (χ2n) is 7.65. The molecule has 0 aliphatic carbocycles. The number of hydrogen-bond acceptors (Lipinski definition) is 7. The van der Waals surface area contributed by atoms with E-state index in [2.05, 4.69) is 22.1 Å². The highest BCUT2D eigenvalue weighted by Crippen LogP contribution is 2.24. The Morgan fingerprint density at radius 1 is 0.944 bits per heavy atom. The number of carbonyl (C=O) groups is 1. The Morgan fingerprint density at radius 2 is 1.58 bits per heavy atom. The number of thioether (sulfide) groups is 1. The lowest BCUT2D eigenvalue weighted by molar-refractivity contribution is -0.113. The van der Waals surface area contributed by atoms with Gasteiger partial charge >= 0.3 is 0 Å². The molecular weight excluding hydrogens is 496 g/mol. The van der Waals surface area contributed by atoms with Gasteiger partial charge in [0.05, 0.1) is 10.6 Å². The second-order valence-corrected chi connectivity index (χ2v) is 10.6. The molecule has 184 valence electrons. The molecular formula is C26H24N4O4S2. The maximum atomic E-state index is 12.8. The number of sulfone groups is 1. The molecule has 0 fully saturated rings. The molecule has 1 amide bonds. The number of hydrogen-bond donors (Lipinski definition) is 1. The van der Waals surface area contributed by atoms with Crippen LogP contribution in [0, 0.1) is 0 Å². The molecule has 8 nitrogen and oxygen atoms in total. The summed E-state index contributed by atoms with van der Waals surface area (Å²) in [5.74, 6) is 1.21. The van der Waals surface area contributed by atoms with Crippen molar-refractivity contribution < 1.29 is 17.9 Å². The molecule has 0 aliphatic rings. The quantitative estimate of drug-likeness (QED) is 0.220. The Hall–Kier alpha value is -3.89. The van der Waals surface area contributed by atoms with Crippen LogP contribution in [0.5, 0.6) is 11.5 Å². The summed E-state index contributed by atoms with van der Waals surface area (Å²) in [5.41, 5.74) is 0.628. The fourth-order valence-corrected chi connectivity index (χ4v) is 5.34. The van der Waals surface area contributed by atoms with E-state index in [9.17, 15) is 13.2 Å². The summed E-state index contributed by atoms with van der Waals surface area (Å²) in [6.07, 6.45) is 1.63. The lowest BCUT2D eigenvalue weighted by atomic mass is 10.3. The van der Waals surface area contributed by atoms with E-state index in [1.54, 1.807) is 65.2 Å². The normalized spacial score (nSPS) is 11.1. The summed E-state index contributed by atoms with van der Waals surface area (Å²) in [6.45, 7) is 4.05. The van der Waals surface area contributed by atoms with Crippen LogP contribution in [0.15, 0.2) is 108 Å². The topological polar surface area (TPSA) is 103 Å². The third-order valence-electron chi connectivity index (χ3n) is 4.98. The van der Waals surface area contributed by atoms with Crippen molar-refractivity contribution in [1.29, 1.82) is 0 Å². The van der Waals surface area contributed by atoms with Crippen LogP contribution < -0.4 is 10.1 Å². The van der Waals surface area contributed by atoms with Gasteiger partial charge in [-0.1, -0.05) is 54.2 Å². The van der Waals surface area contributed by atoms with Gasteiger partial charge in [0, 0.05) is 12.2 Å². The summed E-state index contributed by atoms with van der Waals surface area (Å²) in [6, 6.07) is 24.7. The van der Waals surface area contributed by atoms with Crippen LogP contribution in [0.3, 0.4) is 0 Å². The molecule has 0 spiro atoms. The number of anilines is 1. The number of carbonyl (C=O) groups excluding carboxylic acids is 1. The van der Waals surface area contributed by atoms with Gasteiger partial charge in [-0.3, -0.25) is 4.79 Å². The van der Waals surface area contributed by atoms with Crippen LogP contribution in [0.2, 0.25) is 0 Å². The first-order chi connectivity index (χ1) is 17.4.